The van der Waals surface area contributed by atoms with Crippen molar-refractivity contribution in [2.45, 2.75) is 25.7 Å². The molecule has 1 saturated heterocycles. The molecule has 1 fully saturated rings. The summed E-state index contributed by atoms with van der Waals surface area (Å²) < 4.78 is 10.6. The predicted octanol–water partition coefficient (Wildman–Crippen LogP) is 1.46. The zero-order chi connectivity index (χ0) is 9.97. The van der Waals surface area contributed by atoms with Crippen molar-refractivity contribution in [1.29, 1.82) is 0 Å². The van der Waals surface area contributed by atoms with Crippen LogP contribution in [0.15, 0.2) is 4.42 Å². The van der Waals surface area contributed by atoms with Crippen LogP contribution < -0.4 is 10.1 Å². The summed E-state index contributed by atoms with van der Waals surface area (Å²) in [5, 5.41) is 3.32. The molecule has 0 spiro atoms. The Morgan fingerprint density at radius 2 is 2.14 bits per heavy atom. The van der Waals surface area contributed by atoms with Crippen LogP contribution in [0.1, 0.15) is 30.3 Å². The van der Waals surface area contributed by atoms with Gasteiger partial charge in [0.1, 0.15) is 5.69 Å². The van der Waals surface area contributed by atoms with Crippen molar-refractivity contribution >= 4 is 0 Å². The predicted molar refractivity (Wildman–Crippen MR) is 52.6 cm³/mol. The van der Waals surface area contributed by atoms with E-state index >= 15 is 0 Å². The Labute approximate surface area is 83.7 Å². The first-order valence-corrected chi connectivity index (χ1v) is 5.03. The molecule has 0 atom stereocenters. The van der Waals surface area contributed by atoms with E-state index in [0.717, 1.165) is 37.5 Å². The molecule has 1 aliphatic heterocycles. The van der Waals surface area contributed by atoms with Gasteiger partial charge in [0.05, 0.1) is 7.11 Å². The van der Waals surface area contributed by atoms with Crippen LogP contribution in [-0.4, -0.2) is 25.2 Å². The smallest absolute Gasteiger partial charge is 0.307 e. The van der Waals surface area contributed by atoms with Gasteiger partial charge in [-0.05, 0) is 32.9 Å². The molecule has 0 unspecified atom stereocenters. The zero-order valence-electron chi connectivity index (χ0n) is 8.67. The van der Waals surface area contributed by atoms with Crippen molar-refractivity contribution in [3.63, 3.8) is 0 Å². The first-order valence-electron chi connectivity index (χ1n) is 5.03. The zero-order valence-corrected chi connectivity index (χ0v) is 8.67. The monoisotopic (exact) mass is 196 g/mol. The Hall–Kier alpha value is -1.03. The molecule has 0 aromatic carbocycles. The van der Waals surface area contributed by atoms with Crippen molar-refractivity contribution < 1.29 is 9.15 Å². The average Bonchev–Trinajstić information content (AvgIpc) is 2.61. The van der Waals surface area contributed by atoms with Crippen LogP contribution in [0.3, 0.4) is 0 Å². The van der Waals surface area contributed by atoms with E-state index in [2.05, 4.69) is 10.3 Å². The molecule has 0 bridgehead atoms. The van der Waals surface area contributed by atoms with Crippen molar-refractivity contribution in [2.75, 3.05) is 20.2 Å². The average molecular weight is 196 g/mol. The number of aromatic nitrogens is 1. The van der Waals surface area contributed by atoms with Gasteiger partial charge in [0.15, 0.2) is 0 Å². The molecule has 1 aliphatic rings. The summed E-state index contributed by atoms with van der Waals surface area (Å²) in [6.45, 7) is 4.01. The lowest BCUT2D eigenvalue weighted by Crippen LogP contribution is -2.26. The van der Waals surface area contributed by atoms with Gasteiger partial charge >= 0.3 is 5.95 Å². The number of aryl methyl sites for hydroxylation is 1. The van der Waals surface area contributed by atoms with E-state index in [0.29, 0.717) is 11.9 Å². The minimum atomic E-state index is 0.457. The summed E-state index contributed by atoms with van der Waals surface area (Å²) in [7, 11) is 1.61. The second-order valence-corrected chi connectivity index (χ2v) is 3.65. The normalized spacial score (nSPS) is 18.4. The SMILES string of the molecule is COc1oc(C2CCNCC2)nc1C. The highest BCUT2D eigenvalue weighted by atomic mass is 16.6. The lowest BCUT2D eigenvalue weighted by Gasteiger charge is -2.19. The summed E-state index contributed by atoms with van der Waals surface area (Å²) in [6, 6.07) is 0. The molecule has 2 heterocycles. The summed E-state index contributed by atoms with van der Waals surface area (Å²) in [5.41, 5.74) is 0.848. The molecule has 1 aromatic rings. The van der Waals surface area contributed by atoms with Crippen LogP contribution in [0.2, 0.25) is 0 Å². The maximum absolute atomic E-state index is 5.54. The maximum atomic E-state index is 5.54. The van der Waals surface area contributed by atoms with Gasteiger partial charge in [-0.2, -0.15) is 0 Å². The highest BCUT2D eigenvalue weighted by molar-refractivity contribution is 5.15. The van der Waals surface area contributed by atoms with Crippen LogP contribution in [-0.2, 0) is 0 Å². The van der Waals surface area contributed by atoms with Crippen molar-refractivity contribution in [3.05, 3.63) is 11.6 Å². The van der Waals surface area contributed by atoms with Crippen LogP contribution >= 0.6 is 0 Å². The van der Waals surface area contributed by atoms with E-state index < -0.39 is 0 Å². The van der Waals surface area contributed by atoms with Crippen molar-refractivity contribution in [1.82, 2.24) is 10.3 Å². The van der Waals surface area contributed by atoms with Gasteiger partial charge < -0.3 is 14.5 Å². The van der Waals surface area contributed by atoms with Crippen LogP contribution in [0.5, 0.6) is 5.95 Å². The van der Waals surface area contributed by atoms with Gasteiger partial charge in [0, 0.05) is 5.92 Å². The number of methoxy groups -OCH3 is 1. The molecule has 0 radical (unpaired) electrons. The van der Waals surface area contributed by atoms with Crippen LogP contribution in [0.4, 0.5) is 0 Å². The molecule has 0 saturated carbocycles. The summed E-state index contributed by atoms with van der Waals surface area (Å²) >= 11 is 0. The second-order valence-electron chi connectivity index (χ2n) is 3.65. The third-order valence-electron chi connectivity index (χ3n) is 2.64. The van der Waals surface area contributed by atoms with E-state index in [1.807, 2.05) is 6.92 Å². The molecule has 0 amide bonds. The van der Waals surface area contributed by atoms with Crippen LogP contribution in [0.25, 0.3) is 0 Å². The van der Waals surface area contributed by atoms with Gasteiger partial charge in [-0.15, -0.1) is 0 Å². The number of piperidine rings is 1. The standard InChI is InChI=1S/C10H16N2O2/c1-7-10(13-2)14-9(12-7)8-3-5-11-6-4-8/h8,11H,3-6H2,1-2H3. The van der Waals surface area contributed by atoms with Crippen molar-refractivity contribution in [3.8, 4) is 5.95 Å². The molecule has 4 nitrogen and oxygen atoms in total. The Balaban J connectivity index is 2.14. The molecule has 1 aromatic heterocycles. The minimum absolute atomic E-state index is 0.457. The topological polar surface area (TPSA) is 47.3 Å². The first-order chi connectivity index (χ1) is 6.81. The molecule has 0 aliphatic carbocycles. The van der Waals surface area contributed by atoms with E-state index in [1.165, 1.54) is 0 Å². The number of hydrogen-bond donors (Lipinski definition) is 1. The number of hydrogen-bond acceptors (Lipinski definition) is 4. The van der Waals surface area contributed by atoms with Gasteiger partial charge in [-0.1, -0.05) is 0 Å². The fourth-order valence-electron chi connectivity index (χ4n) is 1.84. The summed E-state index contributed by atoms with van der Waals surface area (Å²) in [6.07, 6.45) is 2.20. The maximum Gasteiger partial charge on any atom is 0.307 e. The van der Waals surface area contributed by atoms with Gasteiger partial charge in [0.25, 0.3) is 0 Å². The molecule has 2 rings (SSSR count). The Morgan fingerprint density at radius 1 is 1.43 bits per heavy atom. The Bertz CT molecular complexity index is 303. The van der Waals surface area contributed by atoms with E-state index in [9.17, 15) is 0 Å². The summed E-state index contributed by atoms with van der Waals surface area (Å²) in [4.78, 5) is 4.39. The Morgan fingerprint density at radius 3 is 2.71 bits per heavy atom. The third-order valence-corrected chi connectivity index (χ3v) is 2.64. The highest BCUT2D eigenvalue weighted by Crippen LogP contribution is 2.29. The highest BCUT2D eigenvalue weighted by Gasteiger charge is 2.21. The quantitative estimate of drug-likeness (QED) is 0.778. The van der Waals surface area contributed by atoms with E-state index in [4.69, 9.17) is 9.15 Å². The molecule has 1 N–H and O–H groups in total. The van der Waals surface area contributed by atoms with Crippen molar-refractivity contribution in [2.24, 2.45) is 0 Å². The van der Waals surface area contributed by atoms with E-state index in [1.54, 1.807) is 7.11 Å². The number of oxazole rings is 1. The number of ether oxygens (including phenoxy) is 1. The number of rotatable bonds is 2. The fourth-order valence-corrected chi connectivity index (χ4v) is 1.84. The molecular weight excluding hydrogens is 180 g/mol. The van der Waals surface area contributed by atoms with Gasteiger partial charge in [0.2, 0.25) is 5.89 Å². The lowest BCUT2D eigenvalue weighted by molar-refractivity contribution is 0.275. The fraction of sp³-hybridized carbons (Fsp3) is 0.700. The van der Waals surface area contributed by atoms with Crippen LogP contribution in [0, 0.1) is 6.92 Å². The van der Waals surface area contributed by atoms with E-state index in [-0.39, 0.29) is 0 Å². The number of nitrogens with one attached hydrogen (secondary N) is 1. The van der Waals surface area contributed by atoms with Gasteiger partial charge in [-0.25, -0.2) is 4.98 Å². The van der Waals surface area contributed by atoms with Gasteiger partial charge in [-0.3, -0.25) is 0 Å². The molecule has 78 valence electrons. The third kappa shape index (κ3) is 1.75. The Kier molecular flexibility index (Phi) is 2.72. The molecule has 4 heteroatoms. The number of nitrogens with zero attached hydrogens (tertiary/aromatic N) is 1. The molecular formula is C10H16N2O2. The largest absolute Gasteiger partial charge is 0.467 e. The summed E-state index contributed by atoms with van der Waals surface area (Å²) in [5.74, 6) is 1.85. The molecule has 14 heavy (non-hydrogen) atoms. The minimum Gasteiger partial charge on any atom is -0.467 e. The first kappa shape index (κ1) is 9.52. The lowest BCUT2D eigenvalue weighted by atomic mass is 9.98. The second kappa shape index (κ2) is 4.00.